The topological polar surface area (TPSA) is 33.2 Å². The highest BCUT2D eigenvalue weighted by Gasteiger charge is 2.19. The fourth-order valence-electron chi connectivity index (χ4n) is 2.27. The van der Waals surface area contributed by atoms with Crippen molar-refractivity contribution in [3.63, 3.8) is 0 Å². The van der Waals surface area contributed by atoms with E-state index in [-0.39, 0.29) is 5.91 Å². The molecule has 2 heterocycles. The lowest BCUT2D eigenvalue weighted by atomic mass is 10.1. The van der Waals surface area contributed by atoms with Gasteiger partial charge in [-0.25, -0.2) is 4.98 Å². The van der Waals surface area contributed by atoms with Crippen LogP contribution in [0.1, 0.15) is 23.2 Å². The van der Waals surface area contributed by atoms with Crippen LogP contribution < -0.4 is 0 Å². The molecule has 1 aromatic carbocycles. The average molecular weight is 258 g/mol. The summed E-state index contributed by atoms with van der Waals surface area (Å²) in [5.74, 6) is 0.143. The summed E-state index contributed by atoms with van der Waals surface area (Å²) in [4.78, 5) is 18.5. The quantitative estimate of drug-likeness (QED) is 0.829. The van der Waals surface area contributed by atoms with Crippen LogP contribution >= 0.6 is 11.3 Å². The normalized spacial score (nSPS) is 15.0. The number of rotatable bonds is 2. The maximum absolute atomic E-state index is 12.3. The van der Waals surface area contributed by atoms with Crippen molar-refractivity contribution in [3.05, 3.63) is 40.7 Å². The van der Waals surface area contributed by atoms with Gasteiger partial charge < -0.3 is 4.90 Å². The van der Waals surface area contributed by atoms with Crippen molar-refractivity contribution in [2.45, 2.75) is 12.8 Å². The van der Waals surface area contributed by atoms with Crippen LogP contribution in [0.4, 0.5) is 0 Å². The van der Waals surface area contributed by atoms with Crippen LogP contribution in [-0.4, -0.2) is 28.9 Å². The molecular weight excluding hydrogens is 244 g/mol. The zero-order chi connectivity index (χ0) is 12.4. The summed E-state index contributed by atoms with van der Waals surface area (Å²) in [6.07, 6.45) is 2.25. The van der Waals surface area contributed by atoms with Gasteiger partial charge in [-0.2, -0.15) is 0 Å². The molecule has 1 aliphatic heterocycles. The lowest BCUT2D eigenvalue weighted by Gasteiger charge is -2.15. The molecule has 0 atom stereocenters. The predicted octanol–water partition coefficient (Wildman–Crippen LogP) is 3.05. The third-order valence-electron chi connectivity index (χ3n) is 3.23. The van der Waals surface area contributed by atoms with Gasteiger partial charge in [-0.1, -0.05) is 12.1 Å². The standard InChI is InChI=1S/C14H14N2OS/c17-14(16-6-1-2-7-16)12-5-3-4-11(8-12)13-9-18-10-15-13/h3-5,8-10H,1-2,6-7H2. The Morgan fingerprint density at radius 3 is 2.83 bits per heavy atom. The molecule has 3 nitrogen and oxygen atoms in total. The summed E-state index contributed by atoms with van der Waals surface area (Å²) in [7, 11) is 0. The number of benzene rings is 1. The van der Waals surface area contributed by atoms with Gasteiger partial charge in [0.25, 0.3) is 5.91 Å². The molecule has 2 aromatic rings. The van der Waals surface area contributed by atoms with Crippen molar-refractivity contribution in [2.75, 3.05) is 13.1 Å². The molecule has 92 valence electrons. The minimum atomic E-state index is 0.143. The molecule has 0 spiro atoms. The first-order valence-corrected chi connectivity index (χ1v) is 7.07. The minimum absolute atomic E-state index is 0.143. The van der Waals surface area contributed by atoms with Crippen LogP contribution in [0.25, 0.3) is 11.3 Å². The highest BCUT2D eigenvalue weighted by atomic mass is 32.1. The number of aromatic nitrogens is 1. The van der Waals surface area contributed by atoms with Gasteiger partial charge in [0.1, 0.15) is 0 Å². The largest absolute Gasteiger partial charge is 0.339 e. The van der Waals surface area contributed by atoms with Crippen LogP contribution in [-0.2, 0) is 0 Å². The van der Waals surface area contributed by atoms with E-state index >= 15 is 0 Å². The van der Waals surface area contributed by atoms with E-state index in [0.717, 1.165) is 42.8 Å². The number of thiazole rings is 1. The molecule has 0 N–H and O–H groups in total. The smallest absolute Gasteiger partial charge is 0.253 e. The second-order valence-corrected chi connectivity index (χ2v) is 5.17. The van der Waals surface area contributed by atoms with E-state index in [1.807, 2.05) is 40.1 Å². The van der Waals surface area contributed by atoms with E-state index in [1.54, 1.807) is 11.3 Å². The Balaban J connectivity index is 1.89. The van der Waals surface area contributed by atoms with Gasteiger partial charge in [0.15, 0.2) is 0 Å². The summed E-state index contributed by atoms with van der Waals surface area (Å²) in [6, 6.07) is 7.75. The van der Waals surface area contributed by atoms with Crippen LogP contribution in [0.15, 0.2) is 35.2 Å². The van der Waals surface area contributed by atoms with Gasteiger partial charge in [0.2, 0.25) is 0 Å². The summed E-state index contributed by atoms with van der Waals surface area (Å²) < 4.78 is 0. The zero-order valence-electron chi connectivity index (χ0n) is 10.0. The van der Waals surface area contributed by atoms with Crippen molar-refractivity contribution >= 4 is 17.2 Å². The van der Waals surface area contributed by atoms with Crippen LogP contribution in [0.3, 0.4) is 0 Å². The van der Waals surface area contributed by atoms with Crippen LogP contribution in [0, 0.1) is 0 Å². The van der Waals surface area contributed by atoms with Gasteiger partial charge in [0, 0.05) is 29.6 Å². The molecule has 1 amide bonds. The van der Waals surface area contributed by atoms with Gasteiger partial charge in [-0.3, -0.25) is 4.79 Å². The Hall–Kier alpha value is -1.68. The number of nitrogens with zero attached hydrogens (tertiary/aromatic N) is 2. The molecule has 0 radical (unpaired) electrons. The second kappa shape index (κ2) is 4.90. The molecule has 1 aromatic heterocycles. The predicted molar refractivity (Wildman–Crippen MR) is 72.7 cm³/mol. The van der Waals surface area contributed by atoms with E-state index in [4.69, 9.17) is 0 Å². The Morgan fingerprint density at radius 2 is 2.11 bits per heavy atom. The lowest BCUT2D eigenvalue weighted by Crippen LogP contribution is -2.27. The highest BCUT2D eigenvalue weighted by molar-refractivity contribution is 7.07. The van der Waals surface area contributed by atoms with Crippen molar-refractivity contribution in [3.8, 4) is 11.3 Å². The Kier molecular flexibility index (Phi) is 3.11. The summed E-state index contributed by atoms with van der Waals surface area (Å²) >= 11 is 1.57. The molecule has 0 unspecified atom stereocenters. The highest BCUT2D eigenvalue weighted by Crippen LogP contribution is 2.21. The van der Waals surface area contributed by atoms with Crippen LogP contribution in [0.5, 0.6) is 0 Å². The third kappa shape index (κ3) is 2.16. The molecule has 1 saturated heterocycles. The van der Waals surface area contributed by atoms with E-state index in [9.17, 15) is 4.79 Å². The summed E-state index contributed by atoms with van der Waals surface area (Å²) in [5.41, 5.74) is 4.53. The maximum Gasteiger partial charge on any atom is 0.253 e. The first kappa shape index (κ1) is 11.4. The van der Waals surface area contributed by atoms with Crippen molar-refractivity contribution < 1.29 is 4.79 Å². The summed E-state index contributed by atoms with van der Waals surface area (Å²) in [6.45, 7) is 1.78. The van der Waals surface area contributed by atoms with Gasteiger partial charge in [-0.05, 0) is 25.0 Å². The third-order valence-corrected chi connectivity index (χ3v) is 3.82. The fourth-order valence-corrected chi connectivity index (χ4v) is 2.83. The molecule has 18 heavy (non-hydrogen) atoms. The van der Waals surface area contributed by atoms with Crippen molar-refractivity contribution in [1.82, 2.24) is 9.88 Å². The Labute approximate surface area is 110 Å². The van der Waals surface area contributed by atoms with E-state index in [1.165, 1.54) is 0 Å². The first-order chi connectivity index (χ1) is 8.84. The molecule has 1 aliphatic rings. The number of likely N-dealkylation sites (tertiary alicyclic amines) is 1. The van der Waals surface area contributed by atoms with Gasteiger partial charge >= 0.3 is 0 Å². The lowest BCUT2D eigenvalue weighted by molar-refractivity contribution is 0.0793. The molecular formula is C14H14N2OS. The fraction of sp³-hybridized carbons (Fsp3) is 0.286. The van der Waals surface area contributed by atoms with Crippen LogP contribution in [0.2, 0.25) is 0 Å². The maximum atomic E-state index is 12.3. The number of hydrogen-bond donors (Lipinski definition) is 0. The molecule has 1 fully saturated rings. The van der Waals surface area contributed by atoms with E-state index in [2.05, 4.69) is 4.98 Å². The number of carbonyl (C=O) groups excluding carboxylic acids is 1. The first-order valence-electron chi connectivity index (χ1n) is 6.12. The van der Waals surface area contributed by atoms with Crippen molar-refractivity contribution in [1.29, 1.82) is 0 Å². The van der Waals surface area contributed by atoms with E-state index < -0.39 is 0 Å². The molecule has 0 saturated carbocycles. The van der Waals surface area contributed by atoms with E-state index in [0.29, 0.717) is 0 Å². The average Bonchev–Trinajstić information content (AvgIpc) is 3.11. The van der Waals surface area contributed by atoms with Gasteiger partial charge in [0.05, 0.1) is 11.2 Å². The minimum Gasteiger partial charge on any atom is -0.339 e. The Morgan fingerprint density at radius 1 is 1.28 bits per heavy atom. The number of carbonyl (C=O) groups is 1. The zero-order valence-corrected chi connectivity index (χ0v) is 10.8. The number of amides is 1. The van der Waals surface area contributed by atoms with Gasteiger partial charge in [-0.15, -0.1) is 11.3 Å². The Bertz CT molecular complexity index is 545. The monoisotopic (exact) mass is 258 g/mol. The molecule has 0 aliphatic carbocycles. The molecule has 3 rings (SSSR count). The van der Waals surface area contributed by atoms with Crippen molar-refractivity contribution in [2.24, 2.45) is 0 Å². The summed E-state index contributed by atoms with van der Waals surface area (Å²) in [5, 5.41) is 2.00. The molecule has 0 bridgehead atoms. The SMILES string of the molecule is O=C(c1cccc(-c2cscn2)c1)N1CCCC1. The molecule has 4 heteroatoms. The second-order valence-electron chi connectivity index (χ2n) is 4.45. The number of hydrogen-bond acceptors (Lipinski definition) is 3.